The van der Waals surface area contributed by atoms with E-state index in [0.717, 1.165) is 64.7 Å². The van der Waals surface area contributed by atoms with Crippen LogP contribution in [0.5, 0.6) is 0 Å². The SMILES string of the molecule is N#Cc1ccccc1-c1ccc(-c2nc(-c3ccccc3)nc(-c3cccc4sc5cc(-c6nc(-c7ccccc7)nc(-c7ccccc7)n6)ccc5c34)n2)cc1. The summed E-state index contributed by atoms with van der Waals surface area (Å²) in [5, 5.41) is 11.9. The summed E-state index contributed by atoms with van der Waals surface area (Å²) in [6.45, 7) is 0. The van der Waals surface area contributed by atoms with Gasteiger partial charge in [0.25, 0.3) is 0 Å². The van der Waals surface area contributed by atoms with E-state index >= 15 is 0 Å². The summed E-state index contributed by atoms with van der Waals surface area (Å²) in [6, 6.07) is 60.7. The molecule has 57 heavy (non-hydrogen) atoms. The molecule has 0 unspecified atom stereocenters. The molecular weight excluding hydrogens is 719 g/mol. The molecule has 8 heteroatoms. The van der Waals surface area contributed by atoms with Crippen molar-refractivity contribution in [3.05, 3.63) is 181 Å². The molecule has 0 saturated carbocycles. The molecule has 0 amide bonds. The van der Waals surface area contributed by atoms with Gasteiger partial charge in [0, 0.05) is 53.6 Å². The molecule has 0 N–H and O–H groups in total. The van der Waals surface area contributed by atoms with Crippen LogP contribution in [0.15, 0.2) is 176 Å². The Labute approximate surface area is 332 Å². The summed E-state index contributed by atoms with van der Waals surface area (Å²) < 4.78 is 2.22. The van der Waals surface area contributed by atoms with Gasteiger partial charge in [-0.3, -0.25) is 0 Å². The van der Waals surface area contributed by atoms with Gasteiger partial charge in [-0.25, -0.2) is 29.9 Å². The molecule has 7 nitrogen and oxygen atoms in total. The van der Waals surface area contributed by atoms with Gasteiger partial charge in [-0.2, -0.15) is 5.26 Å². The molecule has 3 heterocycles. The molecule has 0 spiro atoms. The van der Waals surface area contributed by atoms with Gasteiger partial charge in [0.05, 0.1) is 11.6 Å². The lowest BCUT2D eigenvalue weighted by atomic mass is 9.99. The Hall–Kier alpha value is -7.73. The zero-order valence-electron chi connectivity index (χ0n) is 30.3. The summed E-state index contributed by atoms with van der Waals surface area (Å²) in [4.78, 5) is 30.0. The van der Waals surface area contributed by atoms with E-state index in [-0.39, 0.29) is 0 Å². The number of nitrogens with zero attached hydrogens (tertiary/aromatic N) is 7. The Bertz CT molecular complexity index is 3060. The van der Waals surface area contributed by atoms with Crippen LogP contribution in [-0.4, -0.2) is 29.9 Å². The molecule has 0 bridgehead atoms. The third-order valence-corrected chi connectivity index (χ3v) is 11.0. The maximum absolute atomic E-state index is 9.70. The minimum Gasteiger partial charge on any atom is -0.208 e. The number of thiophene rings is 1. The van der Waals surface area contributed by atoms with E-state index in [2.05, 4.69) is 42.5 Å². The Morgan fingerprint density at radius 2 is 0.789 bits per heavy atom. The number of rotatable bonds is 7. The van der Waals surface area contributed by atoms with Gasteiger partial charge in [-0.15, -0.1) is 11.3 Å². The van der Waals surface area contributed by atoms with Crippen LogP contribution in [0.2, 0.25) is 0 Å². The molecule has 0 aliphatic rings. The first-order valence-corrected chi connectivity index (χ1v) is 19.2. The molecule has 0 fully saturated rings. The monoisotopic (exact) mass is 747 g/mol. The first-order chi connectivity index (χ1) is 28.2. The van der Waals surface area contributed by atoms with Crippen LogP contribution < -0.4 is 0 Å². The Balaban J connectivity index is 1.10. The molecule has 0 atom stereocenters. The fourth-order valence-electron chi connectivity index (χ4n) is 7.06. The van der Waals surface area contributed by atoms with Crippen LogP contribution in [0.25, 0.3) is 99.6 Å². The van der Waals surface area contributed by atoms with Crippen molar-refractivity contribution < 1.29 is 0 Å². The lowest BCUT2D eigenvalue weighted by Gasteiger charge is -2.10. The first-order valence-electron chi connectivity index (χ1n) is 18.4. The van der Waals surface area contributed by atoms with Crippen molar-refractivity contribution in [2.75, 3.05) is 0 Å². The minimum absolute atomic E-state index is 0.566. The molecule has 266 valence electrons. The number of hydrogen-bond acceptors (Lipinski definition) is 8. The average Bonchev–Trinajstić information content (AvgIpc) is 3.68. The van der Waals surface area contributed by atoms with Crippen LogP contribution >= 0.6 is 11.3 Å². The van der Waals surface area contributed by atoms with Gasteiger partial charge in [0.2, 0.25) is 0 Å². The molecule has 0 aliphatic heterocycles. The predicted octanol–water partition coefficient (Wildman–Crippen LogP) is 12.0. The van der Waals surface area contributed by atoms with Gasteiger partial charge >= 0.3 is 0 Å². The predicted molar refractivity (Wildman–Crippen MR) is 229 cm³/mol. The van der Waals surface area contributed by atoms with Crippen molar-refractivity contribution in [2.45, 2.75) is 0 Å². The quantitative estimate of drug-likeness (QED) is 0.160. The molecule has 10 rings (SSSR count). The number of aromatic nitrogens is 6. The second-order valence-electron chi connectivity index (χ2n) is 13.4. The number of benzene rings is 7. The average molecular weight is 748 g/mol. The topological polar surface area (TPSA) is 101 Å². The molecule has 3 aromatic heterocycles. The summed E-state index contributed by atoms with van der Waals surface area (Å²) in [5.41, 5.74) is 7.90. The molecule has 0 aliphatic carbocycles. The van der Waals surface area contributed by atoms with E-state index in [1.807, 2.05) is 140 Å². The van der Waals surface area contributed by atoms with Crippen molar-refractivity contribution in [3.63, 3.8) is 0 Å². The van der Waals surface area contributed by atoms with Gasteiger partial charge < -0.3 is 0 Å². The Kier molecular flexibility index (Phi) is 8.60. The maximum atomic E-state index is 9.70. The second kappa shape index (κ2) is 14.5. The van der Waals surface area contributed by atoms with E-state index in [4.69, 9.17) is 29.9 Å². The lowest BCUT2D eigenvalue weighted by molar-refractivity contribution is 1.07. The number of nitriles is 1. The van der Waals surface area contributed by atoms with Crippen molar-refractivity contribution in [2.24, 2.45) is 0 Å². The standard InChI is InChI=1S/C49H29N7S/c50-30-37-19-10-11-20-38(37)31-23-25-35(26-24-31)47-52-46(34-17-8-3-9-18-34)55-49(56-47)40-21-12-22-41-43(40)39-28-27-36(29-42(39)57-41)48-53-44(32-13-4-1-5-14-32)51-45(54-48)33-15-6-2-7-16-33/h1-29H. The molecule has 0 saturated heterocycles. The Morgan fingerprint density at radius 3 is 1.35 bits per heavy atom. The highest BCUT2D eigenvalue weighted by molar-refractivity contribution is 7.26. The van der Waals surface area contributed by atoms with E-state index in [9.17, 15) is 5.26 Å². The van der Waals surface area contributed by atoms with Crippen molar-refractivity contribution >= 4 is 31.5 Å². The van der Waals surface area contributed by atoms with Gasteiger partial charge in [0.15, 0.2) is 34.9 Å². The summed E-state index contributed by atoms with van der Waals surface area (Å²) in [7, 11) is 0. The highest BCUT2D eigenvalue weighted by Crippen LogP contribution is 2.41. The minimum atomic E-state index is 0.566. The fourth-order valence-corrected chi connectivity index (χ4v) is 8.23. The third-order valence-electron chi connectivity index (χ3n) is 9.86. The molecule has 7 aromatic carbocycles. The first kappa shape index (κ1) is 33.8. The maximum Gasteiger partial charge on any atom is 0.164 e. The largest absolute Gasteiger partial charge is 0.208 e. The third kappa shape index (κ3) is 6.48. The van der Waals surface area contributed by atoms with Crippen molar-refractivity contribution in [1.82, 2.24) is 29.9 Å². The summed E-state index contributed by atoms with van der Waals surface area (Å²) in [6.07, 6.45) is 0. The van der Waals surface area contributed by atoms with E-state index in [0.29, 0.717) is 40.5 Å². The van der Waals surface area contributed by atoms with Crippen LogP contribution in [0.1, 0.15) is 5.56 Å². The molecule has 0 radical (unpaired) electrons. The van der Waals surface area contributed by atoms with Crippen molar-refractivity contribution in [3.8, 4) is 85.5 Å². The highest BCUT2D eigenvalue weighted by Gasteiger charge is 2.19. The van der Waals surface area contributed by atoms with Gasteiger partial charge in [-0.05, 0) is 29.3 Å². The van der Waals surface area contributed by atoms with Gasteiger partial charge in [0.1, 0.15) is 0 Å². The normalized spacial score (nSPS) is 11.1. The van der Waals surface area contributed by atoms with E-state index in [1.165, 1.54) is 0 Å². The highest BCUT2D eigenvalue weighted by atomic mass is 32.1. The van der Waals surface area contributed by atoms with Crippen LogP contribution in [0.3, 0.4) is 0 Å². The zero-order chi connectivity index (χ0) is 38.1. The zero-order valence-corrected chi connectivity index (χ0v) is 31.1. The second-order valence-corrected chi connectivity index (χ2v) is 14.5. The number of hydrogen-bond donors (Lipinski definition) is 0. The molecule has 10 aromatic rings. The molecular formula is C49H29N7S. The summed E-state index contributed by atoms with van der Waals surface area (Å²) in [5.74, 6) is 3.60. The Morgan fingerprint density at radius 1 is 0.351 bits per heavy atom. The van der Waals surface area contributed by atoms with E-state index in [1.54, 1.807) is 11.3 Å². The smallest absolute Gasteiger partial charge is 0.164 e. The number of fused-ring (bicyclic) bond motifs is 3. The van der Waals surface area contributed by atoms with Crippen LogP contribution in [0.4, 0.5) is 0 Å². The summed E-state index contributed by atoms with van der Waals surface area (Å²) >= 11 is 1.72. The van der Waals surface area contributed by atoms with Crippen molar-refractivity contribution in [1.29, 1.82) is 5.26 Å². The van der Waals surface area contributed by atoms with Gasteiger partial charge in [-0.1, -0.05) is 158 Å². The van der Waals surface area contributed by atoms with Crippen LogP contribution in [-0.2, 0) is 0 Å². The van der Waals surface area contributed by atoms with E-state index < -0.39 is 0 Å². The lowest BCUT2D eigenvalue weighted by Crippen LogP contribution is -2.00. The fraction of sp³-hybridized carbons (Fsp3) is 0. The van der Waals surface area contributed by atoms with Crippen LogP contribution in [0, 0.1) is 11.3 Å².